The number of hydrogen-bond donors (Lipinski definition) is 0. The van der Waals surface area contributed by atoms with Crippen molar-refractivity contribution < 1.29 is 22.7 Å². The van der Waals surface area contributed by atoms with Crippen LogP contribution in [-0.2, 0) is 4.79 Å². The third kappa shape index (κ3) is 6.99. The lowest BCUT2D eigenvalue weighted by atomic mass is 10.0. The van der Waals surface area contributed by atoms with Crippen LogP contribution in [0, 0.1) is 5.92 Å². The minimum atomic E-state index is -4.74. The highest BCUT2D eigenvalue weighted by atomic mass is 32.2. The topological polar surface area (TPSA) is 72.6 Å². The number of amides is 1. The molecule has 2 heterocycles. The number of ether oxygens (including phenoxy) is 1. The SMILES string of the molecule is CC(C)c1ccccc1N1CCCSC1=NC(=O)CC1CC1c1ccc(-c2ncn(-c3ccc(OC(F)(F)F)cc3)n2)cc1. The Labute approximate surface area is 258 Å². The standard InChI is InChI=1S/C33H32F3N5O2S/c1-21(2)27-6-3-4-7-29(27)40-16-5-17-44-32(40)38-30(42)19-24-18-28(24)22-8-10-23(11-9-22)31-37-20-41(39-31)25-12-14-26(15-13-25)43-33(34,35)36/h3-4,6-15,20-21,24,28H,5,16-19H2,1-2H3. The molecule has 0 spiro atoms. The Kier molecular flexibility index (Phi) is 8.48. The number of amidine groups is 1. The first kappa shape index (κ1) is 29.9. The van der Waals surface area contributed by atoms with Crippen LogP contribution in [0.1, 0.15) is 56.1 Å². The molecule has 2 atom stereocenters. The maximum atomic E-state index is 13.1. The molecule has 228 valence electrons. The second kappa shape index (κ2) is 12.5. The molecule has 1 aliphatic heterocycles. The molecular weight excluding hydrogens is 587 g/mol. The minimum absolute atomic E-state index is 0.0710. The number of halogens is 3. The van der Waals surface area contributed by atoms with Crippen LogP contribution in [0.4, 0.5) is 18.9 Å². The number of anilines is 1. The van der Waals surface area contributed by atoms with Crippen LogP contribution in [-0.4, -0.2) is 44.5 Å². The summed E-state index contributed by atoms with van der Waals surface area (Å²) in [4.78, 5) is 24.2. The van der Waals surface area contributed by atoms with E-state index in [9.17, 15) is 18.0 Å². The number of rotatable bonds is 8. The zero-order valence-electron chi connectivity index (χ0n) is 24.4. The lowest BCUT2D eigenvalue weighted by molar-refractivity contribution is -0.274. The summed E-state index contributed by atoms with van der Waals surface area (Å²) >= 11 is 1.66. The van der Waals surface area contributed by atoms with Crippen LogP contribution in [0.15, 0.2) is 84.1 Å². The number of thioether (sulfide) groups is 1. The summed E-state index contributed by atoms with van der Waals surface area (Å²) in [6.45, 7) is 5.23. The van der Waals surface area contributed by atoms with Crippen molar-refractivity contribution in [2.24, 2.45) is 10.9 Å². The van der Waals surface area contributed by atoms with Crippen molar-refractivity contribution in [3.63, 3.8) is 0 Å². The third-order valence-corrected chi connectivity index (χ3v) is 8.90. The molecule has 0 radical (unpaired) electrons. The Morgan fingerprint density at radius 2 is 1.82 bits per heavy atom. The predicted molar refractivity (Wildman–Crippen MR) is 166 cm³/mol. The summed E-state index contributed by atoms with van der Waals surface area (Å²) in [6, 6.07) is 21.8. The number of alkyl halides is 3. The van der Waals surface area contributed by atoms with E-state index in [0.29, 0.717) is 29.8 Å². The summed E-state index contributed by atoms with van der Waals surface area (Å²) in [5, 5.41) is 5.27. The van der Waals surface area contributed by atoms with Crippen molar-refractivity contribution in [3.05, 3.63) is 90.3 Å². The van der Waals surface area contributed by atoms with Crippen LogP contribution in [0.25, 0.3) is 17.1 Å². The maximum Gasteiger partial charge on any atom is 0.573 e. The van der Waals surface area contributed by atoms with E-state index in [-0.39, 0.29) is 17.6 Å². The summed E-state index contributed by atoms with van der Waals surface area (Å²) in [7, 11) is 0. The second-order valence-electron chi connectivity index (χ2n) is 11.3. The molecule has 7 nitrogen and oxygen atoms in total. The number of aromatic nitrogens is 3. The third-order valence-electron chi connectivity index (χ3n) is 7.84. The normalized spacial score (nSPS) is 19.4. The number of para-hydroxylation sites is 1. The monoisotopic (exact) mass is 619 g/mol. The number of hydrogen-bond acceptors (Lipinski definition) is 5. The lowest BCUT2D eigenvalue weighted by Crippen LogP contribution is -2.35. The van der Waals surface area contributed by atoms with E-state index in [1.807, 2.05) is 30.3 Å². The molecule has 1 amide bonds. The molecule has 0 bridgehead atoms. The highest BCUT2D eigenvalue weighted by Crippen LogP contribution is 2.50. The molecule has 1 saturated heterocycles. The Morgan fingerprint density at radius 1 is 1.07 bits per heavy atom. The van der Waals surface area contributed by atoms with Crippen molar-refractivity contribution in [2.75, 3.05) is 17.2 Å². The summed E-state index contributed by atoms with van der Waals surface area (Å²) in [5.41, 5.74) is 4.94. The van der Waals surface area contributed by atoms with Gasteiger partial charge in [-0.3, -0.25) is 4.79 Å². The zero-order chi connectivity index (χ0) is 30.8. The van der Waals surface area contributed by atoms with Gasteiger partial charge in [-0.2, -0.15) is 4.99 Å². The fourth-order valence-corrected chi connectivity index (χ4v) is 6.52. The van der Waals surface area contributed by atoms with E-state index in [0.717, 1.165) is 41.6 Å². The van der Waals surface area contributed by atoms with Gasteiger partial charge >= 0.3 is 6.36 Å². The van der Waals surface area contributed by atoms with Gasteiger partial charge in [-0.05, 0) is 72.1 Å². The van der Waals surface area contributed by atoms with Crippen LogP contribution in [0.2, 0.25) is 0 Å². The van der Waals surface area contributed by atoms with Gasteiger partial charge in [0.2, 0.25) is 5.91 Å². The Balaban J connectivity index is 1.07. The smallest absolute Gasteiger partial charge is 0.406 e. The average Bonchev–Trinajstić information content (AvgIpc) is 3.58. The van der Waals surface area contributed by atoms with Gasteiger partial charge in [0.25, 0.3) is 0 Å². The van der Waals surface area contributed by atoms with Gasteiger partial charge in [-0.25, -0.2) is 9.67 Å². The first-order valence-corrected chi connectivity index (χ1v) is 15.6. The number of nitrogens with zero attached hydrogens (tertiary/aromatic N) is 5. The summed E-state index contributed by atoms with van der Waals surface area (Å²) in [5.74, 6) is 2.05. The zero-order valence-corrected chi connectivity index (χ0v) is 25.2. The second-order valence-corrected chi connectivity index (χ2v) is 12.4. The van der Waals surface area contributed by atoms with Crippen molar-refractivity contribution in [3.8, 4) is 22.8 Å². The van der Waals surface area contributed by atoms with E-state index in [4.69, 9.17) is 0 Å². The molecular formula is C33H32F3N5O2S. The minimum Gasteiger partial charge on any atom is -0.406 e. The van der Waals surface area contributed by atoms with Crippen molar-refractivity contribution >= 4 is 28.5 Å². The fourth-order valence-electron chi connectivity index (χ4n) is 5.56. The Morgan fingerprint density at radius 3 is 2.55 bits per heavy atom. The quantitative estimate of drug-likeness (QED) is 0.199. The van der Waals surface area contributed by atoms with E-state index in [1.54, 1.807) is 11.8 Å². The average molecular weight is 620 g/mol. The van der Waals surface area contributed by atoms with Gasteiger partial charge in [0.05, 0.1) is 5.69 Å². The van der Waals surface area contributed by atoms with Gasteiger partial charge in [-0.1, -0.05) is 68.1 Å². The van der Waals surface area contributed by atoms with Crippen LogP contribution < -0.4 is 9.64 Å². The molecule has 2 unspecified atom stereocenters. The predicted octanol–water partition coefficient (Wildman–Crippen LogP) is 7.98. The van der Waals surface area contributed by atoms with Crippen molar-refractivity contribution in [1.82, 2.24) is 14.8 Å². The largest absolute Gasteiger partial charge is 0.573 e. The van der Waals surface area contributed by atoms with Gasteiger partial charge in [-0.15, -0.1) is 18.3 Å². The molecule has 4 aromatic rings. The highest BCUT2D eigenvalue weighted by Gasteiger charge is 2.40. The maximum absolute atomic E-state index is 13.1. The van der Waals surface area contributed by atoms with Crippen LogP contribution >= 0.6 is 11.8 Å². The summed E-state index contributed by atoms with van der Waals surface area (Å²) < 4.78 is 42.7. The van der Waals surface area contributed by atoms with E-state index in [1.165, 1.54) is 46.4 Å². The molecule has 0 N–H and O–H groups in total. The molecule has 1 aliphatic carbocycles. The van der Waals surface area contributed by atoms with Gasteiger partial charge in [0.1, 0.15) is 12.1 Å². The Bertz CT molecular complexity index is 1650. The number of carbonyl (C=O) groups excluding carboxylic acids is 1. The van der Waals surface area contributed by atoms with Gasteiger partial charge in [0.15, 0.2) is 11.0 Å². The highest BCUT2D eigenvalue weighted by molar-refractivity contribution is 8.14. The Hall–Kier alpha value is -4.12. The molecule has 3 aromatic carbocycles. The molecule has 1 saturated carbocycles. The number of aliphatic imine (C=N–C) groups is 1. The van der Waals surface area contributed by atoms with E-state index in [2.05, 4.69) is 56.8 Å². The molecule has 1 aromatic heterocycles. The molecule has 2 aliphatic rings. The van der Waals surface area contributed by atoms with Crippen LogP contribution in [0.5, 0.6) is 5.75 Å². The molecule has 44 heavy (non-hydrogen) atoms. The van der Waals surface area contributed by atoms with Gasteiger partial charge < -0.3 is 9.64 Å². The number of carbonyl (C=O) groups is 1. The fraction of sp³-hybridized carbons (Fsp3) is 0.333. The van der Waals surface area contributed by atoms with E-state index >= 15 is 0 Å². The van der Waals surface area contributed by atoms with Gasteiger partial charge in [0, 0.05) is 30.0 Å². The van der Waals surface area contributed by atoms with Crippen molar-refractivity contribution in [2.45, 2.75) is 51.3 Å². The summed E-state index contributed by atoms with van der Waals surface area (Å²) in [6.07, 6.45) is -0.803. The molecule has 6 rings (SSSR count). The molecule has 2 fully saturated rings. The van der Waals surface area contributed by atoms with E-state index < -0.39 is 6.36 Å². The molecule has 11 heteroatoms. The van der Waals surface area contributed by atoms with Crippen LogP contribution in [0.3, 0.4) is 0 Å². The number of benzene rings is 3. The first-order chi connectivity index (χ1) is 21.1. The lowest BCUT2D eigenvalue weighted by Gasteiger charge is -2.31. The van der Waals surface area contributed by atoms with Crippen molar-refractivity contribution in [1.29, 1.82) is 0 Å². The first-order valence-electron chi connectivity index (χ1n) is 14.6.